The van der Waals surface area contributed by atoms with Crippen LogP contribution in [0.4, 0.5) is 34.1 Å². The maximum Gasteiger partial charge on any atom is 0.0462 e. The average molecular weight is 1000 g/mol. The summed E-state index contributed by atoms with van der Waals surface area (Å²) < 4.78 is 0. The summed E-state index contributed by atoms with van der Waals surface area (Å²) in [5.74, 6) is 0. The second-order valence-electron chi connectivity index (χ2n) is 18.6. The second-order valence-corrected chi connectivity index (χ2v) is 18.6. The van der Waals surface area contributed by atoms with Crippen LogP contribution in [0.3, 0.4) is 0 Å². The van der Waals surface area contributed by atoms with Crippen LogP contribution in [0, 0.1) is 0 Å². The summed E-state index contributed by atoms with van der Waals surface area (Å²) >= 11 is 0. The highest BCUT2D eigenvalue weighted by atomic mass is 15.1. The van der Waals surface area contributed by atoms with Crippen molar-refractivity contribution in [2.75, 3.05) is 9.80 Å². The molecule has 0 unspecified atom stereocenters. The van der Waals surface area contributed by atoms with E-state index in [0.29, 0.717) is 0 Å². The Kier molecular flexibility index (Phi) is 17.6. The fraction of sp³-hybridized carbons (Fsp3) is 0. The monoisotopic (exact) mass is 1000 g/mol. The molecule has 10 aromatic carbocycles. The fourth-order valence-electron chi connectivity index (χ4n) is 9.03. The Morgan fingerprint density at radius 1 is 0.154 bits per heavy atom. The molecule has 0 radical (unpaired) electrons. The molecule has 374 valence electrons. The van der Waals surface area contributed by atoms with E-state index in [9.17, 15) is 0 Å². The lowest BCUT2D eigenvalue weighted by molar-refractivity contribution is 1.28. The van der Waals surface area contributed by atoms with Gasteiger partial charge in [-0.25, -0.2) is 0 Å². The summed E-state index contributed by atoms with van der Waals surface area (Å²) in [5.41, 5.74) is 18.0. The highest BCUT2D eigenvalue weighted by molar-refractivity contribution is 5.82. The molecule has 10 rings (SSSR count). The van der Waals surface area contributed by atoms with Crippen LogP contribution >= 0.6 is 0 Å². The van der Waals surface area contributed by atoms with Gasteiger partial charge in [0.05, 0.1) is 0 Å². The number of hydrogen-bond acceptors (Lipinski definition) is 2. The van der Waals surface area contributed by atoms with Crippen LogP contribution in [0.5, 0.6) is 0 Å². The van der Waals surface area contributed by atoms with Gasteiger partial charge in [-0.05, 0) is 128 Å². The number of nitrogens with zero attached hydrogens (tertiary/aromatic N) is 2. The van der Waals surface area contributed by atoms with Crippen molar-refractivity contribution >= 4 is 82.7 Å². The molecule has 2 nitrogen and oxygen atoms in total. The molecule has 0 N–H and O–H groups in total. The Bertz CT molecular complexity index is 3220. The van der Waals surface area contributed by atoms with Crippen LogP contribution in [-0.2, 0) is 0 Å². The Balaban J connectivity index is 0.896. The maximum absolute atomic E-state index is 2.32. The SMILES string of the molecule is C(C=Cc1ccc(N(c2ccc(C=CC=Cc3ccccc3)cc2)c2ccc(-c3ccc(N(c4ccc(C=CC=Cc5ccccc5)cc4)c4ccc(C=CC=Cc5ccccc5)cc4)cc3)cc2)cc1)=Cc1ccccc1. The molecule has 0 aliphatic rings. The number of benzene rings is 10. The molecular weight excluding hydrogens is 941 g/mol. The summed E-state index contributed by atoms with van der Waals surface area (Å²) in [6.07, 6.45) is 33.8. The predicted octanol–water partition coefficient (Wildman–Crippen LogP) is 21.2. The molecule has 0 atom stereocenters. The molecular formula is C76H60N2. The molecule has 0 saturated carbocycles. The van der Waals surface area contributed by atoms with Crippen LogP contribution in [0.25, 0.3) is 59.7 Å². The third kappa shape index (κ3) is 14.5. The molecule has 78 heavy (non-hydrogen) atoms. The minimum Gasteiger partial charge on any atom is -0.311 e. The zero-order chi connectivity index (χ0) is 52.8. The van der Waals surface area contributed by atoms with Crippen LogP contribution in [0.1, 0.15) is 44.5 Å². The quantitative estimate of drug-likeness (QED) is 0.0745. The van der Waals surface area contributed by atoms with E-state index >= 15 is 0 Å². The molecule has 0 spiro atoms. The Hall–Kier alpha value is -10.3. The van der Waals surface area contributed by atoms with Gasteiger partial charge in [0.1, 0.15) is 0 Å². The molecule has 0 bridgehead atoms. The van der Waals surface area contributed by atoms with Crippen LogP contribution in [0.15, 0.2) is 316 Å². The highest BCUT2D eigenvalue weighted by Crippen LogP contribution is 2.39. The smallest absolute Gasteiger partial charge is 0.0462 e. The molecule has 0 aliphatic heterocycles. The van der Waals surface area contributed by atoms with Crippen molar-refractivity contribution in [1.29, 1.82) is 0 Å². The van der Waals surface area contributed by atoms with Gasteiger partial charge in [-0.1, -0.05) is 291 Å². The lowest BCUT2D eigenvalue weighted by Gasteiger charge is -2.26. The Morgan fingerprint density at radius 2 is 0.308 bits per heavy atom. The predicted molar refractivity (Wildman–Crippen MR) is 339 cm³/mol. The normalized spacial score (nSPS) is 11.9. The molecule has 10 aromatic rings. The third-order valence-corrected chi connectivity index (χ3v) is 13.1. The van der Waals surface area contributed by atoms with E-state index in [0.717, 1.165) is 67.5 Å². The highest BCUT2D eigenvalue weighted by Gasteiger charge is 2.15. The number of anilines is 6. The molecule has 0 heterocycles. The first-order chi connectivity index (χ1) is 38.7. The zero-order valence-corrected chi connectivity index (χ0v) is 43.5. The average Bonchev–Trinajstić information content (AvgIpc) is 3.50. The first-order valence-corrected chi connectivity index (χ1v) is 26.5. The van der Waals surface area contributed by atoms with Gasteiger partial charge in [0, 0.05) is 34.1 Å². The zero-order valence-electron chi connectivity index (χ0n) is 43.5. The first-order valence-electron chi connectivity index (χ1n) is 26.5. The van der Waals surface area contributed by atoms with Crippen molar-refractivity contribution in [3.8, 4) is 11.1 Å². The van der Waals surface area contributed by atoms with E-state index < -0.39 is 0 Å². The van der Waals surface area contributed by atoms with E-state index in [1.54, 1.807) is 0 Å². The van der Waals surface area contributed by atoms with Crippen molar-refractivity contribution in [2.45, 2.75) is 0 Å². The van der Waals surface area contributed by atoms with Crippen molar-refractivity contribution in [3.63, 3.8) is 0 Å². The van der Waals surface area contributed by atoms with Gasteiger partial charge in [-0.3, -0.25) is 0 Å². The molecule has 2 heteroatoms. The van der Waals surface area contributed by atoms with Crippen molar-refractivity contribution in [1.82, 2.24) is 0 Å². The summed E-state index contributed by atoms with van der Waals surface area (Å²) in [7, 11) is 0. The minimum atomic E-state index is 1.07. The fourth-order valence-corrected chi connectivity index (χ4v) is 9.03. The molecule has 0 fully saturated rings. The van der Waals surface area contributed by atoms with Gasteiger partial charge < -0.3 is 9.80 Å². The van der Waals surface area contributed by atoms with E-state index in [-0.39, 0.29) is 0 Å². The number of hydrogen-bond donors (Lipinski definition) is 0. The van der Waals surface area contributed by atoms with E-state index in [4.69, 9.17) is 0 Å². The van der Waals surface area contributed by atoms with Gasteiger partial charge in [0.15, 0.2) is 0 Å². The number of rotatable bonds is 19. The second kappa shape index (κ2) is 26.8. The van der Waals surface area contributed by atoms with E-state index in [2.05, 4.69) is 350 Å². The Labute approximate surface area is 461 Å². The third-order valence-electron chi connectivity index (χ3n) is 13.1. The van der Waals surface area contributed by atoms with E-state index in [1.807, 2.05) is 24.3 Å². The summed E-state index contributed by atoms with van der Waals surface area (Å²) in [5, 5.41) is 0. The minimum absolute atomic E-state index is 1.07. The summed E-state index contributed by atoms with van der Waals surface area (Å²) in [6.45, 7) is 0. The van der Waals surface area contributed by atoms with Gasteiger partial charge in [0.2, 0.25) is 0 Å². The van der Waals surface area contributed by atoms with Gasteiger partial charge in [-0.15, -0.1) is 0 Å². The molecule has 0 amide bonds. The van der Waals surface area contributed by atoms with Crippen molar-refractivity contribution in [2.24, 2.45) is 0 Å². The van der Waals surface area contributed by atoms with Gasteiger partial charge in [0.25, 0.3) is 0 Å². The number of allylic oxidation sites excluding steroid dienone is 8. The molecule has 0 aliphatic carbocycles. The van der Waals surface area contributed by atoms with Crippen LogP contribution < -0.4 is 9.80 Å². The molecule has 0 saturated heterocycles. The van der Waals surface area contributed by atoms with Crippen molar-refractivity contribution < 1.29 is 0 Å². The largest absolute Gasteiger partial charge is 0.311 e. The van der Waals surface area contributed by atoms with Gasteiger partial charge in [-0.2, -0.15) is 0 Å². The topological polar surface area (TPSA) is 6.48 Å². The van der Waals surface area contributed by atoms with Crippen LogP contribution in [-0.4, -0.2) is 0 Å². The Morgan fingerprint density at radius 3 is 0.487 bits per heavy atom. The standard InChI is InChI=1S/C76H60N2/c1-5-21-61(22-6-1)29-13-17-33-65-37-49-71(50-38-65)77(72-51-39-66(40-52-72)34-18-14-30-62-23-7-2-8-24-62)75-57-45-69(46-58-75)70-47-59-76(60-48-70)78(73-53-41-67(42-54-73)35-19-15-31-63-25-9-3-10-26-63)74-55-43-68(44-56-74)36-20-16-32-64-27-11-4-12-28-64/h1-60H. The van der Waals surface area contributed by atoms with Crippen LogP contribution in [0.2, 0.25) is 0 Å². The lowest BCUT2D eigenvalue weighted by Crippen LogP contribution is -2.10. The van der Waals surface area contributed by atoms with E-state index in [1.165, 1.54) is 22.3 Å². The van der Waals surface area contributed by atoms with Crippen molar-refractivity contribution in [3.05, 3.63) is 360 Å². The summed E-state index contributed by atoms with van der Waals surface area (Å²) in [4.78, 5) is 4.64. The maximum atomic E-state index is 2.32. The van der Waals surface area contributed by atoms with Gasteiger partial charge >= 0.3 is 0 Å². The lowest BCUT2D eigenvalue weighted by atomic mass is 10.0. The molecule has 0 aromatic heterocycles. The summed E-state index contributed by atoms with van der Waals surface area (Å²) in [6, 6.07) is 94.3. The first kappa shape index (κ1) is 51.2.